The van der Waals surface area contributed by atoms with Gasteiger partial charge in [0.15, 0.2) is 0 Å². The minimum absolute atomic E-state index is 0.235. The number of hydrogen-bond acceptors (Lipinski definition) is 7. The molecule has 0 saturated carbocycles. The standard InChI is InChI=1S/C21H30N6O4/c1-24-18-14-15(26-9-7-25(8-10-26)11-13-31-12-6-22)2-3-16(18)27(21(24)30)17-4-5-19(28)23-20(17)29/h2-3,14,17H,4-13,22H2,1H3,(H,23,28,29). The monoisotopic (exact) mass is 430 g/mol. The smallest absolute Gasteiger partial charge is 0.329 e. The highest BCUT2D eigenvalue weighted by molar-refractivity contribution is 6.00. The zero-order valence-electron chi connectivity index (χ0n) is 17.9. The van der Waals surface area contributed by atoms with E-state index in [2.05, 4.69) is 15.1 Å². The molecule has 1 aromatic carbocycles. The second-order valence-corrected chi connectivity index (χ2v) is 8.08. The Morgan fingerprint density at radius 3 is 2.58 bits per heavy atom. The Morgan fingerprint density at radius 1 is 1.10 bits per heavy atom. The van der Waals surface area contributed by atoms with E-state index in [1.54, 1.807) is 11.6 Å². The first-order valence-electron chi connectivity index (χ1n) is 10.8. The summed E-state index contributed by atoms with van der Waals surface area (Å²) in [5.41, 5.74) is 7.75. The number of carbonyl (C=O) groups is 2. The average molecular weight is 431 g/mol. The lowest BCUT2D eigenvalue weighted by Gasteiger charge is -2.36. The van der Waals surface area contributed by atoms with Crippen molar-refractivity contribution in [2.75, 3.05) is 57.4 Å². The Bertz CT molecular complexity index is 1020. The number of piperazine rings is 1. The van der Waals surface area contributed by atoms with Crippen molar-refractivity contribution in [2.24, 2.45) is 12.8 Å². The molecule has 1 aromatic heterocycles. The van der Waals surface area contributed by atoms with Gasteiger partial charge in [0.25, 0.3) is 0 Å². The number of imide groups is 1. The molecule has 1 unspecified atom stereocenters. The van der Waals surface area contributed by atoms with Crippen molar-refractivity contribution in [3.8, 4) is 0 Å². The molecule has 31 heavy (non-hydrogen) atoms. The van der Waals surface area contributed by atoms with E-state index in [0.717, 1.165) is 43.9 Å². The van der Waals surface area contributed by atoms with E-state index in [1.165, 1.54) is 4.57 Å². The first-order chi connectivity index (χ1) is 15.0. The number of carbonyl (C=O) groups excluding carboxylic acids is 2. The number of nitrogens with one attached hydrogen (secondary N) is 1. The van der Waals surface area contributed by atoms with Gasteiger partial charge in [-0.15, -0.1) is 0 Å². The molecule has 3 heterocycles. The molecule has 168 valence electrons. The number of imidazole rings is 1. The number of ether oxygens (including phenoxy) is 1. The molecule has 4 rings (SSSR count). The Labute approximate surface area is 180 Å². The summed E-state index contributed by atoms with van der Waals surface area (Å²) in [6.45, 7) is 6.41. The van der Waals surface area contributed by atoms with Crippen LogP contribution in [0.5, 0.6) is 0 Å². The summed E-state index contributed by atoms with van der Waals surface area (Å²) in [7, 11) is 1.72. The summed E-state index contributed by atoms with van der Waals surface area (Å²) in [5.74, 6) is -0.705. The van der Waals surface area contributed by atoms with E-state index < -0.39 is 11.9 Å². The lowest BCUT2D eigenvalue weighted by molar-refractivity contribution is -0.135. The highest BCUT2D eigenvalue weighted by Gasteiger charge is 2.31. The van der Waals surface area contributed by atoms with Crippen LogP contribution in [-0.2, 0) is 21.4 Å². The van der Waals surface area contributed by atoms with Crippen molar-refractivity contribution in [1.82, 2.24) is 19.4 Å². The van der Waals surface area contributed by atoms with Crippen molar-refractivity contribution >= 4 is 28.5 Å². The van der Waals surface area contributed by atoms with Gasteiger partial charge < -0.3 is 15.4 Å². The molecule has 2 fully saturated rings. The van der Waals surface area contributed by atoms with Gasteiger partial charge in [-0.05, 0) is 24.6 Å². The zero-order valence-corrected chi connectivity index (χ0v) is 17.9. The minimum Gasteiger partial charge on any atom is -0.379 e. The first kappa shape index (κ1) is 21.5. The molecule has 10 nitrogen and oxygen atoms in total. The van der Waals surface area contributed by atoms with Crippen molar-refractivity contribution in [2.45, 2.75) is 18.9 Å². The van der Waals surface area contributed by atoms with Gasteiger partial charge in [-0.2, -0.15) is 0 Å². The Balaban J connectivity index is 1.49. The van der Waals surface area contributed by atoms with Crippen LogP contribution in [0.4, 0.5) is 5.69 Å². The van der Waals surface area contributed by atoms with Crippen LogP contribution in [0.3, 0.4) is 0 Å². The van der Waals surface area contributed by atoms with Gasteiger partial charge in [0.1, 0.15) is 6.04 Å². The molecule has 10 heteroatoms. The topological polar surface area (TPSA) is 115 Å². The van der Waals surface area contributed by atoms with Crippen molar-refractivity contribution in [3.63, 3.8) is 0 Å². The van der Waals surface area contributed by atoms with Crippen molar-refractivity contribution in [1.29, 1.82) is 0 Å². The first-order valence-corrected chi connectivity index (χ1v) is 10.8. The highest BCUT2D eigenvalue weighted by Crippen LogP contribution is 2.26. The molecule has 2 aliphatic rings. The van der Waals surface area contributed by atoms with Gasteiger partial charge in [-0.3, -0.25) is 28.9 Å². The Kier molecular flexibility index (Phi) is 6.40. The third kappa shape index (κ3) is 4.36. The molecule has 2 amide bonds. The van der Waals surface area contributed by atoms with Gasteiger partial charge in [0.2, 0.25) is 11.8 Å². The summed E-state index contributed by atoms with van der Waals surface area (Å²) in [6, 6.07) is 5.26. The van der Waals surface area contributed by atoms with E-state index in [9.17, 15) is 14.4 Å². The summed E-state index contributed by atoms with van der Waals surface area (Å²) < 4.78 is 8.56. The van der Waals surface area contributed by atoms with Crippen LogP contribution in [-0.4, -0.2) is 78.3 Å². The van der Waals surface area contributed by atoms with Crippen LogP contribution in [0.1, 0.15) is 18.9 Å². The number of aromatic nitrogens is 2. The number of benzene rings is 1. The fourth-order valence-corrected chi connectivity index (χ4v) is 4.39. The van der Waals surface area contributed by atoms with E-state index in [0.29, 0.717) is 31.7 Å². The summed E-state index contributed by atoms with van der Waals surface area (Å²) in [6.07, 6.45) is 0.571. The van der Waals surface area contributed by atoms with Crippen LogP contribution in [0.25, 0.3) is 11.0 Å². The number of fused-ring (bicyclic) bond motifs is 1. The van der Waals surface area contributed by atoms with E-state index in [4.69, 9.17) is 10.5 Å². The molecule has 0 radical (unpaired) electrons. The van der Waals surface area contributed by atoms with Crippen molar-refractivity contribution in [3.05, 3.63) is 28.7 Å². The molecule has 0 spiro atoms. The highest BCUT2D eigenvalue weighted by atomic mass is 16.5. The predicted octanol–water partition coefficient (Wildman–Crippen LogP) is -0.585. The Hall–Kier alpha value is -2.69. The number of piperidine rings is 1. The molecule has 2 saturated heterocycles. The number of hydrogen-bond donors (Lipinski definition) is 2. The second kappa shape index (κ2) is 9.21. The van der Waals surface area contributed by atoms with Gasteiger partial charge >= 0.3 is 5.69 Å². The number of nitrogens with zero attached hydrogens (tertiary/aromatic N) is 4. The van der Waals surface area contributed by atoms with Crippen LogP contribution in [0.2, 0.25) is 0 Å². The number of rotatable bonds is 7. The maximum absolute atomic E-state index is 12.9. The van der Waals surface area contributed by atoms with Gasteiger partial charge in [0.05, 0.1) is 24.2 Å². The number of nitrogens with two attached hydrogens (primary N) is 1. The molecule has 2 aromatic rings. The van der Waals surface area contributed by atoms with Crippen LogP contribution in [0, 0.1) is 0 Å². The average Bonchev–Trinajstić information content (AvgIpc) is 3.02. The fourth-order valence-electron chi connectivity index (χ4n) is 4.39. The maximum Gasteiger partial charge on any atom is 0.329 e. The van der Waals surface area contributed by atoms with Gasteiger partial charge in [-0.25, -0.2) is 4.79 Å². The molecular weight excluding hydrogens is 400 g/mol. The summed E-state index contributed by atoms with van der Waals surface area (Å²) in [4.78, 5) is 41.4. The lowest BCUT2D eigenvalue weighted by Crippen LogP contribution is -2.47. The second-order valence-electron chi connectivity index (χ2n) is 8.08. The minimum atomic E-state index is -0.662. The molecular formula is C21H30N6O4. The largest absolute Gasteiger partial charge is 0.379 e. The van der Waals surface area contributed by atoms with Crippen LogP contribution >= 0.6 is 0 Å². The number of aryl methyl sites for hydroxylation is 1. The fraction of sp³-hybridized carbons (Fsp3) is 0.571. The lowest BCUT2D eigenvalue weighted by atomic mass is 10.1. The van der Waals surface area contributed by atoms with Gasteiger partial charge in [0, 0.05) is 58.4 Å². The Morgan fingerprint density at radius 2 is 1.87 bits per heavy atom. The third-order valence-corrected chi connectivity index (χ3v) is 6.15. The molecule has 1 atom stereocenters. The quantitative estimate of drug-likeness (QED) is 0.446. The van der Waals surface area contributed by atoms with Gasteiger partial charge in [-0.1, -0.05) is 0 Å². The molecule has 3 N–H and O–H groups in total. The van der Waals surface area contributed by atoms with Crippen LogP contribution < -0.4 is 21.6 Å². The van der Waals surface area contributed by atoms with Crippen molar-refractivity contribution < 1.29 is 14.3 Å². The predicted molar refractivity (Wildman–Crippen MR) is 117 cm³/mol. The zero-order chi connectivity index (χ0) is 22.0. The number of amides is 2. The normalized spacial score (nSPS) is 20.5. The third-order valence-electron chi connectivity index (χ3n) is 6.15. The summed E-state index contributed by atoms with van der Waals surface area (Å²) in [5, 5.41) is 2.34. The SMILES string of the molecule is Cn1c(=O)n(C2CCC(=O)NC2=O)c2ccc(N3CCN(CCOCCN)CC3)cc21. The van der Waals surface area contributed by atoms with E-state index in [-0.39, 0.29) is 18.0 Å². The maximum atomic E-state index is 12.9. The van der Waals surface area contributed by atoms with E-state index >= 15 is 0 Å². The number of anilines is 1. The van der Waals surface area contributed by atoms with E-state index in [1.807, 2.05) is 18.2 Å². The molecule has 0 bridgehead atoms. The summed E-state index contributed by atoms with van der Waals surface area (Å²) >= 11 is 0. The molecule has 2 aliphatic heterocycles. The van der Waals surface area contributed by atoms with Crippen LogP contribution in [0.15, 0.2) is 23.0 Å². The molecule has 0 aliphatic carbocycles.